The molecule has 0 unspecified atom stereocenters. The molecular weight excluding hydrogens is 212 g/mol. The first-order chi connectivity index (χ1) is 7.78. The van der Waals surface area contributed by atoms with Gasteiger partial charge in [-0.1, -0.05) is 68.6 Å². The molecule has 0 aliphatic carbocycles. The molecule has 0 spiro atoms. The summed E-state index contributed by atoms with van der Waals surface area (Å²) < 4.78 is 0. The largest absolute Gasteiger partial charge is 0.0990 e. The van der Waals surface area contributed by atoms with Crippen LogP contribution in [0, 0.1) is 0 Å². The van der Waals surface area contributed by atoms with Gasteiger partial charge in [0.25, 0.3) is 0 Å². The van der Waals surface area contributed by atoms with Crippen LogP contribution in [0.4, 0.5) is 0 Å². The number of rotatable bonds is 7. The van der Waals surface area contributed by atoms with Crippen molar-refractivity contribution in [2.75, 3.05) is 0 Å². The van der Waals surface area contributed by atoms with Crippen molar-refractivity contribution in [1.29, 1.82) is 0 Å². The van der Waals surface area contributed by atoms with Crippen molar-refractivity contribution in [3.05, 3.63) is 58.9 Å². The van der Waals surface area contributed by atoms with Crippen LogP contribution in [-0.4, -0.2) is 0 Å². The van der Waals surface area contributed by atoms with Crippen LogP contribution in [0.5, 0.6) is 0 Å². The van der Waals surface area contributed by atoms with Crippen molar-refractivity contribution >= 4 is 11.8 Å². The third-order valence-electron chi connectivity index (χ3n) is 1.84. The third-order valence-corrected chi connectivity index (χ3v) is 2.95. The van der Waals surface area contributed by atoms with E-state index in [2.05, 4.69) is 57.7 Å². The molecule has 0 radical (unpaired) electrons. The highest BCUT2D eigenvalue weighted by Gasteiger charge is 1.95. The Morgan fingerprint density at radius 2 is 1.62 bits per heavy atom. The lowest BCUT2D eigenvalue weighted by Gasteiger charge is -2.02. The molecule has 0 aromatic heterocycles. The highest BCUT2D eigenvalue weighted by molar-refractivity contribution is 8.07. The van der Waals surface area contributed by atoms with Crippen molar-refractivity contribution in [2.45, 2.75) is 33.6 Å². The lowest BCUT2D eigenvalue weighted by atomic mass is 10.4. The molecule has 0 fully saturated rings. The number of hydrogen-bond donors (Lipinski definition) is 0. The molecule has 0 aromatic carbocycles. The summed E-state index contributed by atoms with van der Waals surface area (Å²) in [6.45, 7) is 10.1. The minimum atomic E-state index is 1.06. The maximum absolute atomic E-state index is 3.74. The van der Waals surface area contributed by atoms with Crippen molar-refractivity contribution in [1.82, 2.24) is 0 Å². The standard InChI is InChI=1S/C15H22S/c1-5-9-12-14(8-4)16-15(11-7-3)13-10-6-2/h7-13H,3,5-6H2,1-2,4H3/b12-9-,13-10-,14-8+,15-11+. The Balaban J connectivity index is 4.60. The third kappa shape index (κ3) is 7.36. The molecule has 0 aromatic rings. The molecule has 0 rings (SSSR count). The lowest BCUT2D eigenvalue weighted by molar-refractivity contribution is 1.22. The van der Waals surface area contributed by atoms with E-state index in [9.17, 15) is 0 Å². The van der Waals surface area contributed by atoms with Crippen LogP contribution >= 0.6 is 11.8 Å². The summed E-state index contributed by atoms with van der Waals surface area (Å²) in [6, 6.07) is 0. The van der Waals surface area contributed by atoms with E-state index >= 15 is 0 Å². The van der Waals surface area contributed by atoms with Gasteiger partial charge in [0.15, 0.2) is 0 Å². The topological polar surface area (TPSA) is 0 Å². The molecule has 0 amide bonds. The molecule has 0 aliphatic rings. The van der Waals surface area contributed by atoms with E-state index in [1.54, 1.807) is 11.8 Å². The first kappa shape index (κ1) is 15.0. The van der Waals surface area contributed by atoms with Gasteiger partial charge < -0.3 is 0 Å². The SMILES string of the molecule is C=C/C=C(\C=C/CC)SC(/C=C\CC)=C/C. The van der Waals surface area contributed by atoms with Crippen LogP contribution in [0.2, 0.25) is 0 Å². The van der Waals surface area contributed by atoms with Crippen LogP contribution in [0.15, 0.2) is 58.9 Å². The second kappa shape index (κ2) is 10.6. The average molecular weight is 234 g/mol. The zero-order valence-corrected chi connectivity index (χ0v) is 11.4. The van der Waals surface area contributed by atoms with Gasteiger partial charge in [0, 0.05) is 9.81 Å². The first-order valence-corrected chi connectivity index (χ1v) is 6.60. The maximum Gasteiger partial charge on any atom is 0.0118 e. The lowest BCUT2D eigenvalue weighted by Crippen LogP contribution is -1.74. The van der Waals surface area contributed by atoms with Gasteiger partial charge in [0.2, 0.25) is 0 Å². The van der Waals surface area contributed by atoms with E-state index in [0.29, 0.717) is 0 Å². The highest BCUT2D eigenvalue weighted by Crippen LogP contribution is 2.27. The number of hydrogen-bond acceptors (Lipinski definition) is 1. The van der Waals surface area contributed by atoms with Crippen LogP contribution in [0.25, 0.3) is 0 Å². The van der Waals surface area contributed by atoms with Gasteiger partial charge in [-0.3, -0.25) is 0 Å². The van der Waals surface area contributed by atoms with Gasteiger partial charge >= 0.3 is 0 Å². The van der Waals surface area contributed by atoms with Crippen LogP contribution in [0.1, 0.15) is 33.6 Å². The van der Waals surface area contributed by atoms with Gasteiger partial charge in [0.1, 0.15) is 0 Å². The van der Waals surface area contributed by atoms with Gasteiger partial charge in [-0.05, 0) is 25.8 Å². The average Bonchev–Trinajstić information content (AvgIpc) is 2.31. The molecule has 0 aliphatic heterocycles. The minimum absolute atomic E-state index is 1.06. The summed E-state index contributed by atoms with van der Waals surface area (Å²) >= 11 is 1.77. The van der Waals surface area contributed by atoms with Gasteiger partial charge in [-0.15, -0.1) is 0 Å². The summed E-state index contributed by atoms with van der Waals surface area (Å²) in [6.07, 6.45) is 16.8. The fourth-order valence-electron chi connectivity index (χ4n) is 1.03. The van der Waals surface area contributed by atoms with Gasteiger partial charge in [-0.2, -0.15) is 0 Å². The maximum atomic E-state index is 3.74. The van der Waals surface area contributed by atoms with E-state index < -0.39 is 0 Å². The van der Waals surface area contributed by atoms with E-state index in [0.717, 1.165) is 12.8 Å². The highest BCUT2D eigenvalue weighted by atomic mass is 32.2. The number of allylic oxidation sites excluding steroid dienone is 7. The molecule has 0 nitrogen and oxygen atoms in total. The molecule has 0 saturated heterocycles. The predicted molar refractivity (Wildman–Crippen MR) is 78.5 cm³/mol. The zero-order valence-electron chi connectivity index (χ0n) is 10.6. The fraction of sp³-hybridized carbons (Fsp3) is 0.333. The van der Waals surface area contributed by atoms with E-state index in [1.807, 2.05) is 12.2 Å². The van der Waals surface area contributed by atoms with E-state index in [1.165, 1.54) is 9.81 Å². The van der Waals surface area contributed by atoms with Gasteiger partial charge in [0.05, 0.1) is 0 Å². The quantitative estimate of drug-likeness (QED) is 0.515. The van der Waals surface area contributed by atoms with E-state index in [-0.39, 0.29) is 0 Å². The molecule has 16 heavy (non-hydrogen) atoms. The second-order valence-electron chi connectivity index (χ2n) is 3.22. The zero-order chi connectivity index (χ0) is 12.2. The van der Waals surface area contributed by atoms with Crippen LogP contribution < -0.4 is 0 Å². The van der Waals surface area contributed by atoms with Crippen molar-refractivity contribution < 1.29 is 0 Å². The first-order valence-electron chi connectivity index (χ1n) is 5.78. The van der Waals surface area contributed by atoms with Gasteiger partial charge in [-0.25, -0.2) is 0 Å². The van der Waals surface area contributed by atoms with E-state index in [4.69, 9.17) is 0 Å². The minimum Gasteiger partial charge on any atom is -0.0990 e. The Morgan fingerprint density at radius 1 is 1.06 bits per heavy atom. The molecule has 0 bridgehead atoms. The predicted octanol–water partition coefficient (Wildman–Crippen LogP) is 5.63. The van der Waals surface area contributed by atoms with Crippen molar-refractivity contribution in [3.63, 3.8) is 0 Å². The molecule has 88 valence electrons. The molecule has 1 heteroatoms. The Morgan fingerprint density at radius 3 is 2.06 bits per heavy atom. The Bertz CT molecular complexity index is 303. The monoisotopic (exact) mass is 234 g/mol. The Hall–Kier alpha value is -0.950. The smallest absolute Gasteiger partial charge is 0.0118 e. The Labute approximate surface area is 105 Å². The molecule has 0 saturated carbocycles. The van der Waals surface area contributed by atoms with Crippen LogP contribution in [0.3, 0.4) is 0 Å². The molecule has 0 atom stereocenters. The van der Waals surface area contributed by atoms with Crippen molar-refractivity contribution in [2.24, 2.45) is 0 Å². The molecular formula is C15H22S. The second-order valence-corrected chi connectivity index (χ2v) is 4.37. The summed E-state index contributed by atoms with van der Waals surface area (Å²) in [5.74, 6) is 0. The fourth-order valence-corrected chi connectivity index (χ4v) is 1.92. The van der Waals surface area contributed by atoms with Crippen molar-refractivity contribution in [3.8, 4) is 0 Å². The molecule has 0 heterocycles. The summed E-state index contributed by atoms with van der Waals surface area (Å²) in [5, 5.41) is 0. The summed E-state index contributed by atoms with van der Waals surface area (Å²) in [5.41, 5.74) is 0. The summed E-state index contributed by atoms with van der Waals surface area (Å²) in [7, 11) is 0. The number of thioether (sulfide) groups is 1. The summed E-state index contributed by atoms with van der Waals surface area (Å²) in [4.78, 5) is 2.50. The van der Waals surface area contributed by atoms with Crippen LogP contribution in [-0.2, 0) is 0 Å². The normalized spacial score (nSPS) is 13.9. The molecule has 0 N–H and O–H groups in total. The Kier molecular flexibility index (Phi) is 9.94.